The fourth-order valence-electron chi connectivity index (χ4n) is 2.16. The lowest BCUT2D eigenvalue weighted by atomic mass is 10.1. The molecule has 1 heterocycles. The van der Waals surface area contributed by atoms with Crippen LogP contribution in [0.4, 0.5) is 5.69 Å². The lowest BCUT2D eigenvalue weighted by molar-refractivity contribution is 0.0384. The molecule has 1 aromatic rings. The molecule has 1 atom stereocenters. The van der Waals surface area contributed by atoms with Crippen LogP contribution in [0.15, 0.2) is 22.7 Å². The van der Waals surface area contributed by atoms with Gasteiger partial charge >= 0.3 is 0 Å². The average molecular weight is 329 g/mol. The van der Waals surface area contributed by atoms with Gasteiger partial charge in [0.25, 0.3) is 0 Å². The molecule has 1 saturated heterocycles. The SMILES string of the molecule is CCC1CN(c2cc(Br)ccc2C(N)=S)CCO1. The number of nitrogens with two attached hydrogens (primary N) is 1. The van der Waals surface area contributed by atoms with Crippen LogP contribution in [-0.2, 0) is 4.74 Å². The molecule has 0 aromatic heterocycles. The molecule has 3 nitrogen and oxygen atoms in total. The fourth-order valence-corrected chi connectivity index (χ4v) is 2.68. The normalized spacial score (nSPS) is 19.9. The van der Waals surface area contributed by atoms with Gasteiger partial charge in [0.05, 0.1) is 12.7 Å². The summed E-state index contributed by atoms with van der Waals surface area (Å²) in [5, 5.41) is 0. The third-order valence-corrected chi connectivity index (χ3v) is 3.87. The van der Waals surface area contributed by atoms with Crippen LogP contribution in [0.1, 0.15) is 18.9 Å². The Labute approximate surface area is 121 Å². The molecule has 0 spiro atoms. The molecule has 1 aliphatic heterocycles. The molecule has 1 aliphatic rings. The van der Waals surface area contributed by atoms with E-state index in [0.29, 0.717) is 4.99 Å². The predicted octanol–water partition coefficient (Wildman–Crippen LogP) is 2.70. The summed E-state index contributed by atoms with van der Waals surface area (Å²) in [6, 6.07) is 6.01. The minimum absolute atomic E-state index is 0.289. The highest BCUT2D eigenvalue weighted by Crippen LogP contribution is 2.27. The number of hydrogen-bond acceptors (Lipinski definition) is 3. The van der Waals surface area contributed by atoms with Crippen LogP contribution < -0.4 is 10.6 Å². The monoisotopic (exact) mass is 328 g/mol. The van der Waals surface area contributed by atoms with Gasteiger partial charge in [0.2, 0.25) is 0 Å². The Bertz CT molecular complexity index is 453. The Morgan fingerprint density at radius 1 is 1.61 bits per heavy atom. The molecule has 0 aliphatic carbocycles. The number of halogens is 1. The Balaban J connectivity index is 2.31. The lowest BCUT2D eigenvalue weighted by Gasteiger charge is -2.35. The first-order valence-electron chi connectivity index (χ1n) is 6.07. The largest absolute Gasteiger partial charge is 0.389 e. The molecule has 98 valence electrons. The second-order valence-corrected chi connectivity index (χ2v) is 5.73. The highest BCUT2D eigenvalue weighted by molar-refractivity contribution is 9.10. The highest BCUT2D eigenvalue weighted by Gasteiger charge is 2.21. The maximum absolute atomic E-state index is 5.80. The second kappa shape index (κ2) is 5.99. The average Bonchev–Trinajstić information content (AvgIpc) is 2.38. The van der Waals surface area contributed by atoms with Crippen molar-refractivity contribution < 1.29 is 4.74 Å². The van der Waals surface area contributed by atoms with Crippen LogP contribution in [0.25, 0.3) is 0 Å². The standard InChI is InChI=1S/C13H17BrN2OS/c1-2-10-8-16(5-6-17-10)12-7-9(14)3-4-11(12)13(15)18/h3-4,7,10H,2,5-6,8H2,1H3,(H2,15,18). The number of thiocarbonyl (C=S) groups is 1. The third kappa shape index (κ3) is 3.02. The van der Waals surface area contributed by atoms with Crippen molar-refractivity contribution in [2.24, 2.45) is 5.73 Å². The van der Waals surface area contributed by atoms with Crippen molar-refractivity contribution in [1.29, 1.82) is 0 Å². The van der Waals surface area contributed by atoms with Crippen molar-refractivity contribution in [2.75, 3.05) is 24.6 Å². The molecular formula is C13H17BrN2OS. The zero-order chi connectivity index (χ0) is 13.1. The van der Waals surface area contributed by atoms with E-state index >= 15 is 0 Å². The van der Waals surface area contributed by atoms with Crippen LogP contribution in [0.3, 0.4) is 0 Å². The number of morpholine rings is 1. The van der Waals surface area contributed by atoms with Crippen LogP contribution in [0, 0.1) is 0 Å². The zero-order valence-electron chi connectivity index (χ0n) is 10.4. The summed E-state index contributed by atoms with van der Waals surface area (Å²) in [6.45, 7) is 4.66. The summed E-state index contributed by atoms with van der Waals surface area (Å²) < 4.78 is 6.73. The summed E-state index contributed by atoms with van der Waals surface area (Å²) in [5.74, 6) is 0. The van der Waals surface area contributed by atoms with Gasteiger partial charge in [-0.15, -0.1) is 0 Å². The zero-order valence-corrected chi connectivity index (χ0v) is 12.8. The fraction of sp³-hybridized carbons (Fsp3) is 0.462. The number of anilines is 1. The molecule has 0 bridgehead atoms. The minimum atomic E-state index is 0.289. The second-order valence-electron chi connectivity index (χ2n) is 4.37. The van der Waals surface area contributed by atoms with Gasteiger partial charge in [0.1, 0.15) is 4.99 Å². The van der Waals surface area contributed by atoms with Gasteiger partial charge in [0, 0.05) is 28.8 Å². The highest BCUT2D eigenvalue weighted by atomic mass is 79.9. The van der Waals surface area contributed by atoms with E-state index in [1.54, 1.807) is 0 Å². The van der Waals surface area contributed by atoms with E-state index in [4.69, 9.17) is 22.7 Å². The van der Waals surface area contributed by atoms with Crippen molar-refractivity contribution in [3.8, 4) is 0 Å². The van der Waals surface area contributed by atoms with E-state index in [1.165, 1.54) is 0 Å². The topological polar surface area (TPSA) is 38.5 Å². The first-order valence-corrected chi connectivity index (χ1v) is 7.28. The predicted molar refractivity (Wildman–Crippen MR) is 82.3 cm³/mol. The van der Waals surface area contributed by atoms with E-state index in [2.05, 4.69) is 33.8 Å². The van der Waals surface area contributed by atoms with Gasteiger partial charge in [-0.1, -0.05) is 35.1 Å². The van der Waals surface area contributed by atoms with E-state index in [-0.39, 0.29) is 6.10 Å². The Kier molecular flexibility index (Phi) is 4.59. The minimum Gasteiger partial charge on any atom is -0.389 e. The van der Waals surface area contributed by atoms with Crippen molar-refractivity contribution >= 4 is 38.8 Å². The number of rotatable bonds is 3. The Morgan fingerprint density at radius 3 is 3.06 bits per heavy atom. The molecule has 0 radical (unpaired) electrons. The summed E-state index contributed by atoms with van der Waals surface area (Å²) >= 11 is 8.63. The van der Waals surface area contributed by atoms with Crippen LogP contribution in [-0.4, -0.2) is 30.8 Å². The first kappa shape index (κ1) is 13.8. The third-order valence-electron chi connectivity index (χ3n) is 3.16. The van der Waals surface area contributed by atoms with Gasteiger partial charge in [-0.3, -0.25) is 0 Å². The summed E-state index contributed by atoms with van der Waals surface area (Å²) in [6.07, 6.45) is 1.31. The van der Waals surface area contributed by atoms with E-state index in [1.807, 2.05) is 12.1 Å². The Hall–Kier alpha value is -0.650. The van der Waals surface area contributed by atoms with E-state index < -0.39 is 0 Å². The van der Waals surface area contributed by atoms with Crippen molar-refractivity contribution in [1.82, 2.24) is 0 Å². The molecular weight excluding hydrogens is 312 g/mol. The molecule has 0 amide bonds. The summed E-state index contributed by atoms with van der Waals surface area (Å²) in [5.41, 5.74) is 7.83. The maximum Gasteiger partial charge on any atom is 0.106 e. The quantitative estimate of drug-likeness (QED) is 0.866. The van der Waals surface area contributed by atoms with Crippen molar-refractivity contribution in [2.45, 2.75) is 19.4 Å². The van der Waals surface area contributed by atoms with Gasteiger partial charge < -0.3 is 15.4 Å². The van der Waals surface area contributed by atoms with Gasteiger partial charge in [-0.2, -0.15) is 0 Å². The summed E-state index contributed by atoms with van der Waals surface area (Å²) in [7, 11) is 0. The van der Waals surface area contributed by atoms with Crippen molar-refractivity contribution in [3.63, 3.8) is 0 Å². The van der Waals surface area contributed by atoms with E-state index in [9.17, 15) is 0 Å². The molecule has 18 heavy (non-hydrogen) atoms. The van der Waals surface area contributed by atoms with Gasteiger partial charge in [-0.25, -0.2) is 0 Å². The smallest absolute Gasteiger partial charge is 0.106 e. The molecule has 2 N–H and O–H groups in total. The first-order chi connectivity index (χ1) is 8.61. The molecule has 5 heteroatoms. The number of nitrogens with zero attached hydrogens (tertiary/aromatic N) is 1. The Morgan fingerprint density at radius 2 is 2.39 bits per heavy atom. The lowest BCUT2D eigenvalue weighted by Crippen LogP contribution is -2.43. The number of benzene rings is 1. The van der Waals surface area contributed by atoms with Crippen molar-refractivity contribution in [3.05, 3.63) is 28.2 Å². The molecule has 2 rings (SSSR count). The van der Waals surface area contributed by atoms with Gasteiger partial charge in [0.15, 0.2) is 0 Å². The van der Waals surface area contributed by atoms with Crippen LogP contribution in [0.5, 0.6) is 0 Å². The number of hydrogen-bond donors (Lipinski definition) is 1. The molecule has 1 aromatic carbocycles. The van der Waals surface area contributed by atoms with Crippen LogP contribution >= 0.6 is 28.1 Å². The van der Waals surface area contributed by atoms with Crippen LogP contribution in [0.2, 0.25) is 0 Å². The molecule has 1 unspecified atom stereocenters. The molecule has 1 fully saturated rings. The van der Waals surface area contributed by atoms with Gasteiger partial charge in [-0.05, 0) is 24.6 Å². The number of ether oxygens (including phenoxy) is 1. The molecule has 0 saturated carbocycles. The maximum atomic E-state index is 5.80. The van der Waals surface area contributed by atoms with E-state index in [0.717, 1.165) is 41.8 Å². The summed E-state index contributed by atoms with van der Waals surface area (Å²) in [4.78, 5) is 2.74.